The van der Waals surface area contributed by atoms with Gasteiger partial charge in [0.1, 0.15) is 5.60 Å². The van der Waals surface area contributed by atoms with Crippen molar-refractivity contribution in [2.45, 2.75) is 39.0 Å². The molecule has 0 fully saturated rings. The van der Waals surface area contributed by atoms with E-state index in [-0.39, 0.29) is 13.2 Å². The van der Waals surface area contributed by atoms with Gasteiger partial charge >= 0.3 is 12.1 Å². The summed E-state index contributed by atoms with van der Waals surface area (Å²) >= 11 is 5.97. The Kier molecular flexibility index (Phi) is 6.64. The lowest BCUT2D eigenvalue weighted by Gasteiger charge is -2.22. The highest BCUT2D eigenvalue weighted by Crippen LogP contribution is 2.15. The van der Waals surface area contributed by atoms with Crippen molar-refractivity contribution < 1.29 is 24.2 Å². The first-order chi connectivity index (χ1) is 10.2. The highest BCUT2D eigenvalue weighted by atomic mass is 35.5. The lowest BCUT2D eigenvalue weighted by molar-refractivity contribution is -0.141. The van der Waals surface area contributed by atoms with Crippen molar-refractivity contribution in [2.24, 2.45) is 0 Å². The molecule has 0 saturated carbocycles. The van der Waals surface area contributed by atoms with Gasteiger partial charge in [0.15, 0.2) is 6.04 Å². The SMILES string of the molecule is CC(C)(C)OC(=O)N[C@@H](COCc1ccccc1Cl)C(=O)O. The molecule has 1 aromatic rings. The number of carboxylic acid groups (broad SMARTS) is 1. The molecule has 0 aromatic heterocycles. The first-order valence-corrected chi connectivity index (χ1v) is 7.10. The topological polar surface area (TPSA) is 84.9 Å². The Morgan fingerprint density at radius 2 is 1.95 bits per heavy atom. The van der Waals surface area contributed by atoms with Gasteiger partial charge in [-0.15, -0.1) is 0 Å². The van der Waals surface area contributed by atoms with Gasteiger partial charge < -0.3 is 19.9 Å². The van der Waals surface area contributed by atoms with E-state index >= 15 is 0 Å². The number of hydrogen-bond donors (Lipinski definition) is 2. The molecule has 7 heteroatoms. The second kappa shape index (κ2) is 8.00. The Bertz CT molecular complexity index is 527. The molecule has 0 saturated heterocycles. The molecular formula is C15H20ClNO5. The fourth-order valence-corrected chi connectivity index (χ4v) is 1.72. The zero-order valence-electron chi connectivity index (χ0n) is 12.8. The Morgan fingerprint density at radius 1 is 1.32 bits per heavy atom. The smallest absolute Gasteiger partial charge is 0.408 e. The van der Waals surface area contributed by atoms with Gasteiger partial charge in [-0.3, -0.25) is 0 Å². The van der Waals surface area contributed by atoms with Gasteiger partial charge in [-0.25, -0.2) is 9.59 Å². The van der Waals surface area contributed by atoms with Gasteiger partial charge in [0.05, 0.1) is 13.2 Å². The highest BCUT2D eigenvalue weighted by molar-refractivity contribution is 6.31. The van der Waals surface area contributed by atoms with Crippen LogP contribution in [0.1, 0.15) is 26.3 Å². The van der Waals surface area contributed by atoms with Crippen LogP contribution < -0.4 is 5.32 Å². The molecule has 1 atom stereocenters. The predicted molar refractivity (Wildman–Crippen MR) is 81.9 cm³/mol. The van der Waals surface area contributed by atoms with Gasteiger partial charge in [0.2, 0.25) is 0 Å². The Labute approximate surface area is 134 Å². The van der Waals surface area contributed by atoms with Crippen LogP contribution in [-0.4, -0.2) is 35.4 Å². The fourth-order valence-electron chi connectivity index (χ4n) is 1.53. The number of hydrogen-bond acceptors (Lipinski definition) is 4. The van der Waals surface area contributed by atoms with Crippen LogP contribution in [0.15, 0.2) is 24.3 Å². The van der Waals surface area contributed by atoms with Crippen molar-refractivity contribution in [3.05, 3.63) is 34.9 Å². The first kappa shape index (κ1) is 18.3. The zero-order chi connectivity index (χ0) is 16.8. The summed E-state index contributed by atoms with van der Waals surface area (Å²) in [5.74, 6) is -1.20. The lowest BCUT2D eigenvalue weighted by Crippen LogP contribution is -2.46. The minimum absolute atomic E-state index is 0.152. The lowest BCUT2D eigenvalue weighted by atomic mass is 10.2. The fraction of sp³-hybridized carbons (Fsp3) is 0.467. The van der Waals surface area contributed by atoms with E-state index in [2.05, 4.69) is 5.32 Å². The van der Waals surface area contributed by atoms with Crippen LogP contribution in [0.3, 0.4) is 0 Å². The monoisotopic (exact) mass is 329 g/mol. The van der Waals surface area contributed by atoms with E-state index in [1.165, 1.54) is 0 Å². The summed E-state index contributed by atoms with van der Waals surface area (Å²) < 4.78 is 10.3. The molecule has 0 aliphatic heterocycles. The number of ether oxygens (including phenoxy) is 2. The molecule has 0 bridgehead atoms. The molecule has 122 valence electrons. The van der Waals surface area contributed by atoms with E-state index in [1.54, 1.807) is 45.0 Å². The van der Waals surface area contributed by atoms with E-state index in [9.17, 15) is 9.59 Å². The van der Waals surface area contributed by atoms with Crippen molar-refractivity contribution in [1.82, 2.24) is 5.32 Å². The Morgan fingerprint density at radius 3 is 2.50 bits per heavy atom. The third-order valence-corrected chi connectivity index (χ3v) is 2.86. The van der Waals surface area contributed by atoms with Crippen LogP contribution in [0.4, 0.5) is 4.79 Å². The first-order valence-electron chi connectivity index (χ1n) is 6.72. The van der Waals surface area contributed by atoms with E-state index in [1.807, 2.05) is 0 Å². The Balaban J connectivity index is 2.50. The van der Waals surface area contributed by atoms with Crippen LogP contribution in [0.5, 0.6) is 0 Å². The number of rotatable bonds is 6. The molecule has 1 amide bonds. The van der Waals surface area contributed by atoms with E-state index in [0.717, 1.165) is 5.56 Å². The minimum atomic E-state index is -1.20. The summed E-state index contributed by atoms with van der Waals surface area (Å²) in [6.07, 6.45) is -0.804. The molecular weight excluding hydrogens is 310 g/mol. The molecule has 0 radical (unpaired) electrons. The number of aliphatic carboxylic acids is 1. The van der Waals surface area contributed by atoms with Gasteiger partial charge in [-0.2, -0.15) is 0 Å². The second-order valence-corrected chi connectivity index (χ2v) is 6.05. The molecule has 0 unspecified atom stereocenters. The van der Waals surface area contributed by atoms with Crippen molar-refractivity contribution in [3.8, 4) is 0 Å². The standard InChI is InChI=1S/C15H20ClNO5/c1-15(2,3)22-14(20)17-12(13(18)19)9-21-8-10-6-4-5-7-11(10)16/h4-7,12H,8-9H2,1-3H3,(H,17,20)(H,18,19)/t12-/m0/s1. The van der Waals surface area contributed by atoms with Crippen LogP contribution in [0, 0.1) is 0 Å². The van der Waals surface area contributed by atoms with Gasteiger partial charge in [0.25, 0.3) is 0 Å². The number of benzene rings is 1. The summed E-state index contributed by atoms with van der Waals surface area (Å²) in [5.41, 5.74) is 0.0385. The summed E-state index contributed by atoms with van der Waals surface area (Å²) in [6, 6.07) is 5.89. The van der Waals surface area contributed by atoms with Gasteiger partial charge in [0, 0.05) is 5.02 Å². The van der Waals surface area contributed by atoms with Crippen molar-refractivity contribution in [3.63, 3.8) is 0 Å². The van der Waals surface area contributed by atoms with Crippen molar-refractivity contribution in [2.75, 3.05) is 6.61 Å². The Hall–Kier alpha value is -1.79. The minimum Gasteiger partial charge on any atom is -0.480 e. The van der Waals surface area contributed by atoms with E-state index in [0.29, 0.717) is 5.02 Å². The summed E-state index contributed by atoms with van der Waals surface area (Å²) in [6.45, 7) is 5.03. The molecule has 0 aliphatic rings. The quantitative estimate of drug-likeness (QED) is 0.838. The summed E-state index contributed by atoms with van der Waals surface area (Å²) in [4.78, 5) is 22.7. The number of carboxylic acids is 1. The van der Waals surface area contributed by atoms with Crippen molar-refractivity contribution >= 4 is 23.7 Å². The maximum Gasteiger partial charge on any atom is 0.408 e. The zero-order valence-corrected chi connectivity index (χ0v) is 13.5. The average molecular weight is 330 g/mol. The van der Waals surface area contributed by atoms with Crippen molar-refractivity contribution in [1.29, 1.82) is 0 Å². The van der Waals surface area contributed by atoms with E-state index in [4.69, 9.17) is 26.2 Å². The number of carbonyl (C=O) groups excluding carboxylic acids is 1. The average Bonchev–Trinajstić information content (AvgIpc) is 2.37. The molecule has 6 nitrogen and oxygen atoms in total. The van der Waals surface area contributed by atoms with Crippen LogP contribution in [0.25, 0.3) is 0 Å². The highest BCUT2D eigenvalue weighted by Gasteiger charge is 2.24. The summed E-state index contributed by atoms with van der Waals surface area (Å²) in [5, 5.41) is 11.9. The molecule has 1 aromatic carbocycles. The van der Waals surface area contributed by atoms with Gasteiger partial charge in [-0.05, 0) is 32.4 Å². The van der Waals surface area contributed by atoms with E-state index < -0.39 is 23.7 Å². The van der Waals surface area contributed by atoms with Crippen LogP contribution in [0.2, 0.25) is 5.02 Å². The molecule has 0 heterocycles. The molecule has 2 N–H and O–H groups in total. The molecule has 1 rings (SSSR count). The molecule has 0 aliphatic carbocycles. The second-order valence-electron chi connectivity index (χ2n) is 5.64. The maximum absolute atomic E-state index is 11.6. The van der Waals surface area contributed by atoms with Crippen LogP contribution in [-0.2, 0) is 20.9 Å². The number of carbonyl (C=O) groups is 2. The number of halogens is 1. The van der Waals surface area contributed by atoms with Crippen LogP contribution >= 0.6 is 11.6 Å². The number of amides is 1. The third-order valence-electron chi connectivity index (χ3n) is 2.49. The normalized spacial score (nSPS) is 12.5. The molecule has 0 spiro atoms. The summed E-state index contributed by atoms with van der Waals surface area (Å²) in [7, 11) is 0. The predicted octanol–water partition coefficient (Wildman–Crippen LogP) is 2.83. The number of nitrogens with one attached hydrogen (secondary N) is 1. The molecule has 22 heavy (non-hydrogen) atoms. The maximum atomic E-state index is 11.6. The van der Waals surface area contributed by atoms with Gasteiger partial charge in [-0.1, -0.05) is 29.8 Å². The number of alkyl carbamates (subject to hydrolysis) is 1. The largest absolute Gasteiger partial charge is 0.480 e. The third kappa shape index (κ3) is 6.78.